The van der Waals surface area contributed by atoms with Crippen LogP contribution in [0.1, 0.15) is 25.7 Å². The monoisotopic (exact) mass is 349 g/mol. The number of nitrogens with zero attached hydrogens (tertiary/aromatic N) is 1. The summed E-state index contributed by atoms with van der Waals surface area (Å²) < 4.78 is 21.5. The van der Waals surface area contributed by atoms with Gasteiger partial charge in [0.05, 0.1) is 0 Å². The van der Waals surface area contributed by atoms with Gasteiger partial charge in [0, 0.05) is 23.7 Å². The van der Waals surface area contributed by atoms with Gasteiger partial charge in [-0.3, -0.25) is 4.55 Å². The van der Waals surface area contributed by atoms with Gasteiger partial charge in [0.15, 0.2) is 0 Å². The molecule has 6 heteroatoms. The third-order valence-corrected chi connectivity index (χ3v) is 3.73. The van der Waals surface area contributed by atoms with Crippen LogP contribution in [0.2, 0.25) is 0 Å². The van der Waals surface area contributed by atoms with E-state index in [1.807, 2.05) is 0 Å². The first kappa shape index (κ1) is 15.0. The van der Waals surface area contributed by atoms with Crippen LogP contribution in [0.4, 0.5) is 0 Å². The normalized spacial score (nSPS) is 13.4. The van der Waals surface area contributed by atoms with Gasteiger partial charge in [-0.2, -0.15) is 0 Å². The summed E-state index contributed by atoms with van der Waals surface area (Å²) in [7, 11) is 0. The van der Waals surface area contributed by atoms with Crippen LogP contribution in [0, 0.1) is 0 Å². The summed E-state index contributed by atoms with van der Waals surface area (Å²) in [5.41, 5.74) is 0. The van der Waals surface area contributed by atoms with Crippen molar-refractivity contribution in [3.8, 4) is 0 Å². The molecule has 3 nitrogen and oxygen atoms in total. The van der Waals surface area contributed by atoms with Crippen molar-refractivity contribution in [1.82, 2.24) is 4.31 Å². The van der Waals surface area contributed by atoms with Gasteiger partial charge >= 0.3 is 0 Å². The van der Waals surface area contributed by atoms with Crippen LogP contribution in [0.15, 0.2) is 0 Å². The van der Waals surface area contributed by atoms with Gasteiger partial charge in [-0.25, -0.2) is 8.51 Å². The van der Waals surface area contributed by atoms with Gasteiger partial charge in [-0.1, -0.05) is 31.9 Å². The van der Waals surface area contributed by atoms with E-state index in [0.29, 0.717) is 13.1 Å². The minimum absolute atomic E-state index is 0.705. The Bertz CT molecular complexity index is 150. The molecule has 0 bridgehead atoms. The molecule has 0 aromatic rings. The smallest absolute Gasteiger partial charge is 0.234 e. The topological polar surface area (TPSA) is 40.5 Å². The predicted molar refractivity (Wildman–Crippen MR) is 68.4 cm³/mol. The second-order valence-corrected chi connectivity index (χ2v) is 5.52. The summed E-state index contributed by atoms with van der Waals surface area (Å²) in [4.78, 5) is 0. The van der Waals surface area contributed by atoms with E-state index in [4.69, 9.17) is 4.55 Å². The largest absolute Gasteiger partial charge is 0.294 e. The third kappa shape index (κ3) is 8.35. The highest BCUT2D eigenvalue weighted by atomic mass is 79.9. The highest BCUT2D eigenvalue weighted by Gasteiger charge is 2.09. The minimum atomic E-state index is -1.81. The second kappa shape index (κ2) is 10.5. The Morgan fingerprint density at radius 3 is 1.71 bits per heavy atom. The van der Waals surface area contributed by atoms with Crippen molar-refractivity contribution >= 4 is 43.1 Å². The van der Waals surface area contributed by atoms with E-state index in [-0.39, 0.29) is 0 Å². The van der Waals surface area contributed by atoms with Crippen LogP contribution in [0.3, 0.4) is 0 Å². The van der Waals surface area contributed by atoms with Crippen molar-refractivity contribution in [2.24, 2.45) is 0 Å². The van der Waals surface area contributed by atoms with Gasteiger partial charge in [-0.05, 0) is 25.7 Å². The molecule has 0 amide bonds. The molecule has 1 N–H and O–H groups in total. The lowest BCUT2D eigenvalue weighted by atomic mass is 10.3. The molecule has 14 heavy (non-hydrogen) atoms. The Hall–Kier alpha value is 1.03. The van der Waals surface area contributed by atoms with Crippen LogP contribution < -0.4 is 0 Å². The molecular weight excluding hydrogens is 334 g/mol. The van der Waals surface area contributed by atoms with E-state index in [0.717, 1.165) is 36.3 Å². The highest BCUT2D eigenvalue weighted by molar-refractivity contribution is 9.09. The van der Waals surface area contributed by atoms with Crippen molar-refractivity contribution in [3.63, 3.8) is 0 Å². The van der Waals surface area contributed by atoms with E-state index >= 15 is 0 Å². The SMILES string of the molecule is O=S(O)N(CCCCBr)CCCCBr. The maximum atomic E-state index is 10.9. The summed E-state index contributed by atoms with van der Waals surface area (Å²) in [5.74, 6) is 0. The van der Waals surface area contributed by atoms with Gasteiger partial charge in [0.1, 0.15) is 0 Å². The average Bonchev–Trinajstić information content (AvgIpc) is 2.15. The third-order valence-electron chi connectivity index (χ3n) is 1.80. The zero-order valence-corrected chi connectivity index (χ0v) is 12.1. The Morgan fingerprint density at radius 2 is 1.43 bits per heavy atom. The van der Waals surface area contributed by atoms with Crippen LogP contribution in [0.5, 0.6) is 0 Å². The molecule has 0 fully saturated rings. The zero-order valence-electron chi connectivity index (χ0n) is 8.12. The molecule has 0 aromatic heterocycles. The lowest BCUT2D eigenvalue weighted by Gasteiger charge is -2.16. The lowest BCUT2D eigenvalue weighted by molar-refractivity contribution is 0.384. The van der Waals surface area contributed by atoms with E-state index < -0.39 is 11.3 Å². The van der Waals surface area contributed by atoms with Crippen molar-refractivity contribution < 1.29 is 8.76 Å². The average molecular weight is 351 g/mol. The first-order valence-electron chi connectivity index (χ1n) is 4.70. The first-order chi connectivity index (χ1) is 6.72. The molecule has 0 aliphatic carbocycles. The molecule has 0 aliphatic heterocycles. The summed E-state index contributed by atoms with van der Waals surface area (Å²) in [6, 6.07) is 0. The molecule has 0 aromatic carbocycles. The Labute approximate surface area is 105 Å². The van der Waals surface area contributed by atoms with E-state index in [2.05, 4.69) is 31.9 Å². The summed E-state index contributed by atoms with van der Waals surface area (Å²) in [6.45, 7) is 1.41. The van der Waals surface area contributed by atoms with E-state index in [1.165, 1.54) is 0 Å². The Morgan fingerprint density at radius 1 is 1.00 bits per heavy atom. The summed E-state index contributed by atoms with van der Waals surface area (Å²) in [5, 5.41) is 1.92. The molecule has 0 radical (unpaired) electrons. The number of halogens is 2. The van der Waals surface area contributed by atoms with Gasteiger partial charge < -0.3 is 0 Å². The van der Waals surface area contributed by atoms with Gasteiger partial charge in [0.25, 0.3) is 0 Å². The van der Waals surface area contributed by atoms with Crippen molar-refractivity contribution in [1.29, 1.82) is 0 Å². The molecule has 0 aliphatic rings. The van der Waals surface area contributed by atoms with Gasteiger partial charge in [0.2, 0.25) is 11.3 Å². The number of rotatable bonds is 9. The van der Waals surface area contributed by atoms with Crippen molar-refractivity contribution in [2.75, 3.05) is 23.7 Å². The van der Waals surface area contributed by atoms with Crippen LogP contribution in [-0.2, 0) is 11.3 Å². The molecule has 1 unspecified atom stereocenters. The van der Waals surface area contributed by atoms with Crippen LogP contribution in [-0.4, -0.2) is 36.8 Å². The number of unbranched alkanes of at least 4 members (excludes halogenated alkanes) is 2. The van der Waals surface area contributed by atoms with Crippen molar-refractivity contribution in [2.45, 2.75) is 25.7 Å². The van der Waals surface area contributed by atoms with Gasteiger partial charge in [-0.15, -0.1) is 0 Å². The van der Waals surface area contributed by atoms with E-state index in [9.17, 15) is 4.21 Å². The second-order valence-electron chi connectivity index (χ2n) is 2.95. The standard InChI is InChI=1S/C8H17Br2NO2S/c9-5-1-3-7-11(14(12)13)8-4-2-6-10/h1-8H2,(H,12,13). The molecular formula is C8H17Br2NO2S. The zero-order chi connectivity index (χ0) is 10.8. The van der Waals surface area contributed by atoms with E-state index in [1.54, 1.807) is 4.31 Å². The molecule has 0 rings (SSSR count). The maximum absolute atomic E-state index is 10.9. The number of alkyl halides is 2. The quantitative estimate of drug-likeness (QED) is 0.394. The fourth-order valence-electron chi connectivity index (χ4n) is 1.03. The number of hydrogen-bond acceptors (Lipinski definition) is 1. The molecule has 0 saturated carbocycles. The Kier molecular flexibility index (Phi) is 11.3. The van der Waals surface area contributed by atoms with Crippen molar-refractivity contribution in [3.05, 3.63) is 0 Å². The fourth-order valence-corrected chi connectivity index (χ4v) is 2.40. The highest BCUT2D eigenvalue weighted by Crippen LogP contribution is 2.03. The van der Waals surface area contributed by atoms with Crippen LogP contribution in [0.25, 0.3) is 0 Å². The Balaban J connectivity index is 3.61. The predicted octanol–water partition coefficient (Wildman–Crippen LogP) is 2.78. The van der Waals surface area contributed by atoms with Crippen LogP contribution >= 0.6 is 31.9 Å². The maximum Gasteiger partial charge on any atom is 0.234 e. The lowest BCUT2D eigenvalue weighted by Crippen LogP contribution is -2.28. The number of hydrogen-bond donors (Lipinski definition) is 1. The fraction of sp³-hybridized carbons (Fsp3) is 1.00. The summed E-state index contributed by atoms with van der Waals surface area (Å²) >= 11 is 4.87. The molecule has 0 saturated heterocycles. The molecule has 1 atom stereocenters. The first-order valence-corrected chi connectivity index (χ1v) is 8.01. The summed E-state index contributed by atoms with van der Waals surface area (Å²) in [6.07, 6.45) is 4.02. The minimum Gasteiger partial charge on any atom is -0.294 e. The molecule has 0 spiro atoms. The molecule has 86 valence electrons. The molecule has 0 heterocycles.